The van der Waals surface area contributed by atoms with Gasteiger partial charge in [-0.1, -0.05) is 6.92 Å². The van der Waals surface area contributed by atoms with E-state index >= 15 is 0 Å². The second-order valence-corrected chi connectivity index (χ2v) is 8.10. The van der Waals surface area contributed by atoms with Crippen LogP contribution in [0, 0.1) is 11.7 Å². The van der Waals surface area contributed by atoms with Crippen molar-refractivity contribution in [2.45, 2.75) is 19.8 Å². The minimum Gasteiger partial charge on any atom is -0.494 e. The maximum atomic E-state index is 13.0. The van der Waals surface area contributed by atoms with Crippen LogP contribution in [0.15, 0.2) is 22.7 Å². The predicted octanol–water partition coefficient (Wildman–Crippen LogP) is 3.95. The van der Waals surface area contributed by atoms with E-state index in [1.54, 1.807) is 12.1 Å². The maximum absolute atomic E-state index is 13.0. The molecule has 0 bridgehead atoms. The number of hydrogen-bond donors (Lipinski definition) is 0. The van der Waals surface area contributed by atoms with Crippen molar-refractivity contribution in [2.24, 2.45) is 5.92 Å². The molecule has 0 saturated heterocycles. The summed E-state index contributed by atoms with van der Waals surface area (Å²) in [7, 11) is 1.72. The van der Waals surface area contributed by atoms with Crippen LogP contribution in [0.3, 0.4) is 0 Å². The Labute approximate surface area is 125 Å². The summed E-state index contributed by atoms with van der Waals surface area (Å²) in [6.45, 7) is 2.38. The van der Waals surface area contributed by atoms with Gasteiger partial charge in [0.25, 0.3) is 0 Å². The zero-order valence-electron chi connectivity index (χ0n) is 10.4. The number of hydrogen-bond acceptors (Lipinski definition) is 3. The number of rotatable bonds is 7. The van der Waals surface area contributed by atoms with E-state index in [1.807, 2.05) is 6.92 Å². The van der Waals surface area contributed by atoms with Crippen molar-refractivity contribution < 1.29 is 17.5 Å². The average Bonchev–Trinajstić information content (AvgIpc) is 2.30. The Morgan fingerprint density at radius 1 is 1.42 bits per heavy atom. The zero-order valence-corrected chi connectivity index (χ0v) is 13.6. The van der Waals surface area contributed by atoms with Crippen molar-refractivity contribution in [3.8, 4) is 5.75 Å². The normalized spacial score (nSPS) is 13.3. The van der Waals surface area contributed by atoms with Crippen LogP contribution in [0.2, 0.25) is 0 Å². The highest BCUT2D eigenvalue weighted by atomic mass is 79.9. The molecule has 0 aliphatic heterocycles. The lowest BCUT2D eigenvalue weighted by atomic mass is 10.1. The van der Waals surface area contributed by atoms with Crippen LogP contribution in [0.4, 0.5) is 4.39 Å². The lowest BCUT2D eigenvalue weighted by Crippen LogP contribution is -2.08. The van der Waals surface area contributed by atoms with Crippen molar-refractivity contribution in [3.05, 3.63) is 28.5 Å². The monoisotopic (exact) mass is 372 g/mol. The quantitative estimate of drug-likeness (QED) is 0.680. The van der Waals surface area contributed by atoms with Gasteiger partial charge in [0.15, 0.2) is 0 Å². The Morgan fingerprint density at radius 2 is 2.11 bits per heavy atom. The minimum absolute atomic E-state index is 0.0299. The Bertz CT molecular complexity index is 522. The van der Waals surface area contributed by atoms with E-state index in [-0.39, 0.29) is 17.5 Å². The molecule has 0 aromatic heterocycles. The molecule has 0 amide bonds. The zero-order chi connectivity index (χ0) is 14.5. The molecule has 1 aromatic rings. The maximum Gasteiger partial charge on any atom is 0.232 e. The van der Waals surface area contributed by atoms with Crippen LogP contribution in [-0.4, -0.2) is 20.8 Å². The standard InChI is InChI=1S/C12H15BrClFO3S/c1-9(5-7-19(14,16)17)4-6-18-10-2-3-12(15)11(13)8-10/h2-3,8-9H,4-7H2,1H3. The first-order chi connectivity index (χ1) is 8.78. The summed E-state index contributed by atoms with van der Waals surface area (Å²) in [6, 6.07) is 4.43. The van der Waals surface area contributed by atoms with Crippen LogP contribution in [-0.2, 0) is 9.05 Å². The lowest BCUT2D eigenvalue weighted by Gasteiger charge is -2.11. The van der Waals surface area contributed by atoms with Crippen molar-refractivity contribution in [1.82, 2.24) is 0 Å². The summed E-state index contributed by atoms with van der Waals surface area (Å²) in [5.74, 6) is 0.397. The first-order valence-electron chi connectivity index (χ1n) is 5.78. The number of benzene rings is 1. The van der Waals surface area contributed by atoms with E-state index < -0.39 is 9.05 Å². The van der Waals surface area contributed by atoms with E-state index in [4.69, 9.17) is 15.4 Å². The van der Waals surface area contributed by atoms with Crippen molar-refractivity contribution in [1.29, 1.82) is 0 Å². The Balaban J connectivity index is 2.31. The molecule has 1 aromatic carbocycles. The van der Waals surface area contributed by atoms with Crippen LogP contribution >= 0.6 is 26.6 Å². The smallest absolute Gasteiger partial charge is 0.232 e. The highest BCUT2D eigenvalue weighted by Crippen LogP contribution is 2.22. The van der Waals surface area contributed by atoms with Crippen LogP contribution in [0.5, 0.6) is 5.75 Å². The highest BCUT2D eigenvalue weighted by Gasteiger charge is 2.10. The van der Waals surface area contributed by atoms with Crippen LogP contribution in [0.1, 0.15) is 19.8 Å². The van der Waals surface area contributed by atoms with Crippen molar-refractivity contribution >= 4 is 35.7 Å². The SMILES string of the molecule is CC(CCOc1ccc(F)c(Br)c1)CCS(=O)(=O)Cl. The van der Waals surface area contributed by atoms with Crippen LogP contribution in [0.25, 0.3) is 0 Å². The fourth-order valence-electron chi connectivity index (χ4n) is 1.43. The first-order valence-corrected chi connectivity index (χ1v) is 9.05. The molecule has 0 heterocycles. The molecule has 0 spiro atoms. The van der Waals surface area contributed by atoms with Gasteiger partial charge in [-0.2, -0.15) is 0 Å². The van der Waals surface area contributed by atoms with Gasteiger partial charge >= 0.3 is 0 Å². The first kappa shape index (κ1) is 16.7. The minimum atomic E-state index is -3.42. The topological polar surface area (TPSA) is 43.4 Å². The fraction of sp³-hybridized carbons (Fsp3) is 0.500. The molecule has 1 unspecified atom stereocenters. The summed E-state index contributed by atoms with van der Waals surface area (Å²) >= 11 is 3.08. The average molecular weight is 374 g/mol. The van der Waals surface area contributed by atoms with Gasteiger partial charge in [-0.15, -0.1) is 0 Å². The molecule has 0 saturated carbocycles. The van der Waals surface area contributed by atoms with Crippen molar-refractivity contribution in [2.75, 3.05) is 12.4 Å². The number of ether oxygens (including phenoxy) is 1. The van der Waals surface area contributed by atoms with Gasteiger partial charge in [-0.3, -0.25) is 0 Å². The third-order valence-electron chi connectivity index (χ3n) is 2.62. The Kier molecular flexibility index (Phi) is 6.56. The fourth-order valence-corrected chi connectivity index (χ4v) is 2.74. The molecule has 0 aliphatic rings. The van der Waals surface area contributed by atoms with E-state index in [1.165, 1.54) is 6.07 Å². The summed E-state index contributed by atoms with van der Waals surface area (Å²) in [5, 5.41) is 0. The molecule has 19 heavy (non-hydrogen) atoms. The van der Waals surface area contributed by atoms with E-state index in [2.05, 4.69) is 15.9 Å². The largest absolute Gasteiger partial charge is 0.494 e. The molecule has 0 fully saturated rings. The van der Waals surface area contributed by atoms with Gasteiger partial charge in [0.05, 0.1) is 16.8 Å². The molecule has 1 atom stereocenters. The molecule has 108 valence electrons. The van der Waals surface area contributed by atoms with Crippen LogP contribution < -0.4 is 4.74 Å². The Morgan fingerprint density at radius 3 is 2.68 bits per heavy atom. The summed E-state index contributed by atoms with van der Waals surface area (Å²) < 4.78 is 40.4. The molecule has 0 radical (unpaired) electrons. The third kappa shape index (κ3) is 7.13. The van der Waals surface area contributed by atoms with Gasteiger partial charge in [-0.05, 0) is 52.9 Å². The van der Waals surface area contributed by atoms with Gasteiger partial charge in [0.1, 0.15) is 11.6 Å². The summed E-state index contributed by atoms with van der Waals surface area (Å²) in [6.07, 6.45) is 1.21. The predicted molar refractivity (Wildman–Crippen MR) is 77.6 cm³/mol. The highest BCUT2D eigenvalue weighted by molar-refractivity contribution is 9.10. The summed E-state index contributed by atoms with van der Waals surface area (Å²) in [4.78, 5) is 0. The molecular weight excluding hydrogens is 359 g/mol. The van der Waals surface area contributed by atoms with Crippen molar-refractivity contribution in [3.63, 3.8) is 0 Å². The number of halogens is 3. The van der Waals surface area contributed by atoms with Gasteiger partial charge < -0.3 is 4.74 Å². The van der Waals surface area contributed by atoms with E-state index in [0.717, 1.165) is 0 Å². The molecule has 0 aliphatic carbocycles. The molecule has 0 N–H and O–H groups in total. The molecular formula is C12H15BrClFO3S. The molecule has 3 nitrogen and oxygen atoms in total. The van der Waals surface area contributed by atoms with Gasteiger partial charge in [0, 0.05) is 10.7 Å². The molecule has 1 rings (SSSR count). The van der Waals surface area contributed by atoms with Gasteiger partial charge in [-0.25, -0.2) is 12.8 Å². The molecule has 7 heteroatoms. The Hall–Kier alpha value is -0.330. The summed E-state index contributed by atoms with van der Waals surface area (Å²) in [5.41, 5.74) is 0. The lowest BCUT2D eigenvalue weighted by molar-refractivity contribution is 0.281. The van der Waals surface area contributed by atoms with E-state index in [0.29, 0.717) is 29.7 Å². The second kappa shape index (κ2) is 7.45. The third-order valence-corrected chi connectivity index (χ3v) is 4.42. The van der Waals surface area contributed by atoms with E-state index in [9.17, 15) is 12.8 Å². The second-order valence-electron chi connectivity index (χ2n) is 4.35. The van der Waals surface area contributed by atoms with Gasteiger partial charge in [0.2, 0.25) is 9.05 Å².